The van der Waals surface area contributed by atoms with Crippen molar-refractivity contribution in [3.63, 3.8) is 0 Å². The topological polar surface area (TPSA) is 22.2 Å². The normalized spacial score (nSPS) is 19.0. The van der Waals surface area contributed by atoms with E-state index in [0.717, 1.165) is 102 Å². The molecule has 150 heavy (non-hydrogen) atoms. The van der Waals surface area contributed by atoms with Crippen molar-refractivity contribution in [2.45, 2.75) is 195 Å². The Morgan fingerprint density at radius 1 is 0.187 bits per heavy atom. The van der Waals surface area contributed by atoms with Gasteiger partial charge in [0.25, 0.3) is 0 Å². The van der Waals surface area contributed by atoms with Crippen molar-refractivity contribution in [2.24, 2.45) is 16.2 Å². The molecule has 1 heterocycles. The number of para-hydroxylation sites is 8. The lowest BCUT2D eigenvalue weighted by molar-refractivity contribution is 0.0712. The minimum absolute atomic E-state index is 0.0622. The van der Waals surface area contributed by atoms with Gasteiger partial charge in [-0.3, -0.25) is 0 Å². The summed E-state index contributed by atoms with van der Waals surface area (Å²) in [6.07, 6.45) is 0. The molecule has 0 spiro atoms. The van der Waals surface area contributed by atoms with Crippen molar-refractivity contribution >= 4 is 111 Å². The molecule has 5 nitrogen and oxygen atoms in total. The fraction of sp³-hybridized carbons (Fsp3) is 0.228. The fourth-order valence-electron chi connectivity index (χ4n) is 23.4. The van der Waals surface area contributed by atoms with Crippen LogP contribution in [0.4, 0.5) is 68.2 Å². The van der Waals surface area contributed by atoms with E-state index in [9.17, 15) is 4.11 Å². The Balaban J connectivity index is 0.000000131. The molecule has 0 saturated carbocycles. The molecule has 0 N–H and O–H groups in total. The highest BCUT2D eigenvalue weighted by Crippen LogP contribution is 2.66. The highest BCUT2D eigenvalue weighted by Gasteiger charge is 2.60. The lowest BCUT2D eigenvalue weighted by Crippen LogP contribution is -2.42. The first kappa shape index (κ1) is 77.8. The van der Waals surface area contributed by atoms with Crippen molar-refractivity contribution in [1.82, 2.24) is 0 Å². The van der Waals surface area contributed by atoms with Gasteiger partial charge < -0.3 is 24.3 Å². The molecule has 24 rings (SSSR count). The molecule has 0 amide bonds. The molecule has 20 aromatic carbocycles. The summed E-state index contributed by atoms with van der Waals surface area (Å²) < 4.78 is 192. The van der Waals surface area contributed by atoms with E-state index in [2.05, 4.69) is 398 Å². The monoisotopic (exact) mass is 1980 g/mol. The first-order valence-corrected chi connectivity index (χ1v) is 52.0. The Morgan fingerprint density at radius 3 is 0.727 bits per heavy atom. The van der Waals surface area contributed by atoms with Crippen LogP contribution in [-0.2, 0) is 37.9 Å². The van der Waals surface area contributed by atoms with Crippen LogP contribution in [0.15, 0.2) is 461 Å². The van der Waals surface area contributed by atoms with Gasteiger partial charge in [-0.15, -0.1) is 0 Å². The number of hydrogen-bond acceptors (Lipinski definition) is 5. The Kier molecular flexibility index (Phi) is 19.8. The maximum Gasteiger partial charge on any atom is 0.124 e. The maximum absolute atomic E-state index is 9.58. The Morgan fingerprint density at radius 2 is 0.427 bits per heavy atom. The summed E-state index contributed by atoms with van der Waals surface area (Å²) in [5, 5.41) is 8.19. The number of nitrogens with zero attached hydrogens (tertiary/aromatic N) is 4. The Hall–Kier alpha value is -15.6. The molecule has 0 radical (unpaired) electrons. The SMILES string of the molecule is CC1(C)Oc2ccc(-c3ccc(N(c4ccccc4)c4ccccc4)c4ccccc34)cc2C1(C)C.CC1(C)c2ccc(-c3ccc(N(c4ccccc4)c4ccccc4)c4ccccc34)cc2C(C)(C)C1(C)C.[2H]C([2H])([2H])C1(C([2H])([2H])[2H])c2ccc(-c3ccc(N(c4ccccc4)c4ccccc4)c4ccccc34)cc2C(C([2H])([2H])[2H])(C([2H])([2H])[2H])C1(C([2H])([2H])[2H])C([2H])([2H])[2H].[2H]c1c([2H])c2c(c([2H])c1-c1ccc(N(c3ccccc3)c3ccccc3)c3ccccc13)C(C)(C)C(C)(C)C2(C)C. The lowest BCUT2D eigenvalue weighted by Gasteiger charge is -2.44. The predicted molar refractivity (Wildman–Crippen MR) is 644 cm³/mol. The van der Waals surface area contributed by atoms with E-state index in [1.807, 2.05) is 126 Å². The van der Waals surface area contributed by atoms with Crippen molar-refractivity contribution in [1.29, 1.82) is 0 Å². The minimum atomic E-state index is -4.45. The zero-order valence-corrected chi connectivity index (χ0v) is 88.3. The number of fused-ring (bicyclic) bond motifs is 8. The highest BCUT2D eigenvalue weighted by molar-refractivity contribution is 6.11. The second kappa shape index (κ2) is 38.2. The largest absolute Gasteiger partial charge is 0.487 e. The summed E-state index contributed by atoms with van der Waals surface area (Å²) in [7, 11) is 0. The number of rotatable bonds is 16. The van der Waals surface area contributed by atoms with E-state index in [-0.39, 0.29) is 61.2 Å². The Labute approximate surface area is 921 Å². The molecule has 0 bridgehead atoms. The number of anilines is 12. The van der Waals surface area contributed by atoms with Gasteiger partial charge in [-0.25, -0.2) is 0 Å². The fourth-order valence-corrected chi connectivity index (χ4v) is 23.4. The van der Waals surface area contributed by atoms with Crippen molar-refractivity contribution in [2.75, 3.05) is 19.6 Å². The zero-order chi connectivity index (χ0) is 123. The molecular weight excluding hydrogens is 1810 g/mol. The van der Waals surface area contributed by atoms with E-state index in [1.54, 1.807) is 30.3 Å². The molecule has 5 heteroatoms. The van der Waals surface area contributed by atoms with Crippen LogP contribution in [-0.4, -0.2) is 5.60 Å². The first-order chi connectivity index (χ1) is 80.6. The van der Waals surface area contributed by atoms with E-state index >= 15 is 0 Å². The molecule has 20 aromatic rings. The van der Waals surface area contributed by atoms with Crippen LogP contribution < -0.4 is 24.3 Å². The average molecular weight is 1980 g/mol. The van der Waals surface area contributed by atoms with E-state index in [1.165, 1.54) is 72.2 Å². The van der Waals surface area contributed by atoms with Crippen molar-refractivity contribution in [3.05, 3.63) is 500 Å². The number of ether oxygens (including phenoxy) is 1. The summed E-state index contributed by atoms with van der Waals surface area (Å²) in [6.45, 7) is 11.5. The van der Waals surface area contributed by atoms with Crippen LogP contribution in [0.25, 0.3) is 87.6 Å². The third kappa shape index (κ3) is 16.7. The third-order valence-electron chi connectivity index (χ3n) is 35.0. The van der Waals surface area contributed by atoms with Crippen LogP contribution in [0.3, 0.4) is 0 Å². The lowest BCUT2D eigenvalue weighted by atomic mass is 9.59. The smallest absolute Gasteiger partial charge is 0.124 e. The average Bonchev–Trinajstić information content (AvgIpc) is 1.43. The summed E-state index contributed by atoms with van der Waals surface area (Å²) in [4.78, 5) is 8.96. The van der Waals surface area contributed by atoms with Gasteiger partial charge in [-0.05, 0) is 295 Å². The summed E-state index contributed by atoms with van der Waals surface area (Å²) >= 11 is 0. The molecule has 4 aliphatic rings. The van der Waals surface area contributed by atoms with E-state index < -0.39 is 68.5 Å². The molecule has 0 saturated heterocycles. The van der Waals surface area contributed by atoms with Crippen LogP contribution in [0, 0.1) is 16.2 Å². The summed E-state index contributed by atoms with van der Waals surface area (Å²) in [5.41, 5.74) is 9.71. The van der Waals surface area contributed by atoms with Gasteiger partial charge in [0.15, 0.2) is 0 Å². The number of benzene rings is 20. The molecule has 0 unspecified atom stereocenters. The highest BCUT2D eigenvalue weighted by atomic mass is 16.5. The minimum Gasteiger partial charge on any atom is -0.487 e. The molecule has 0 aromatic heterocycles. The van der Waals surface area contributed by atoms with Crippen molar-refractivity contribution in [3.8, 4) is 50.3 Å². The Bertz CT molecular complexity index is 9180. The first-order valence-electron chi connectivity index (χ1n) is 62.5. The zero-order valence-electron chi connectivity index (χ0n) is 109. The van der Waals surface area contributed by atoms with Gasteiger partial charge in [0.1, 0.15) is 11.4 Å². The van der Waals surface area contributed by atoms with E-state index in [4.69, 9.17) is 29.4 Å². The molecule has 0 atom stereocenters. The van der Waals surface area contributed by atoms with Crippen LogP contribution >= 0.6 is 0 Å². The molecule has 0 fully saturated rings. The van der Waals surface area contributed by atoms with Gasteiger partial charge >= 0.3 is 0 Å². The third-order valence-corrected chi connectivity index (χ3v) is 35.0. The second-order valence-corrected chi connectivity index (χ2v) is 44.7. The number of hydrogen-bond donors (Lipinski definition) is 0. The quantitative estimate of drug-likeness (QED) is 0.0959. The second-order valence-electron chi connectivity index (χ2n) is 44.7. The van der Waals surface area contributed by atoms with E-state index in [0.29, 0.717) is 33.6 Å². The molecule has 3 aliphatic carbocycles. The van der Waals surface area contributed by atoms with Gasteiger partial charge in [0.05, 0.1) is 26.9 Å². The molecular formula is C145H142N4O. The van der Waals surface area contributed by atoms with Gasteiger partial charge in [-0.1, -0.05) is 466 Å². The van der Waals surface area contributed by atoms with Crippen LogP contribution in [0.5, 0.6) is 5.75 Å². The van der Waals surface area contributed by atoms with Gasteiger partial charge in [0.2, 0.25) is 0 Å². The van der Waals surface area contributed by atoms with Crippen LogP contribution in [0.1, 0.15) is 220 Å². The summed E-state index contributed by atoms with van der Waals surface area (Å²) in [6, 6.07) is 150. The van der Waals surface area contributed by atoms with Crippen molar-refractivity contribution < 1.29 is 33.5 Å². The molecule has 1 aliphatic heterocycles. The van der Waals surface area contributed by atoms with Gasteiger partial charge in [0, 0.05) is 103 Å². The summed E-state index contributed by atoms with van der Waals surface area (Å²) in [5.74, 6) is 0.994. The molecule has 748 valence electrons. The maximum atomic E-state index is 9.58. The van der Waals surface area contributed by atoms with Gasteiger partial charge in [-0.2, -0.15) is 0 Å². The standard InChI is InChI=1S/3C37H37N.C34H31NO/c3*1-35(2)32-23-21-26(25-33(32)36(3,4)37(35,5)6)29-22-24-34(31-20-14-13-19-30(29)31)38(27-15-9-7-10-16-27)28-17-11-8-12-18-28;1-33(2)30-23-24(19-22-32(30)36-34(33,3)4)27-20-21-31(29-18-12-11-17-28(27)29)35(25-13-7-5-8-14-25)26-15-9-6-10-16-26/h3*7-25H,1-6H3;5-23H,1-4H3/i1D3,2D3,3D3,4D3,5D3,6D3;21D,23D,25D;;. The predicted octanol–water partition coefficient (Wildman–Crippen LogP) is 41.1. The van der Waals surface area contributed by atoms with Crippen LogP contribution in [0.2, 0.25) is 0 Å².